The zero-order chi connectivity index (χ0) is 23.6. The maximum absolute atomic E-state index is 6.44. The zero-order valence-corrected chi connectivity index (χ0v) is 24.1. The molecule has 0 amide bonds. The second-order valence-corrected chi connectivity index (χ2v) is 12.7. The molecule has 0 saturated heterocycles. The predicted molar refractivity (Wildman–Crippen MR) is 128 cm³/mol. The van der Waals surface area contributed by atoms with Crippen LogP contribution >= 0.6 is 0 Å². The van der Waals surface area contributed by atoms with Crippen LogP contribution in [-0.2, 0) is 42.1 Å². The molecule has 33 heavy (non-hydrogen) atoms. The van der Waals surface area contributed by atoms with Crippen LogP contribution in [-0.4, -0.2) is 19.5 Å². The van der Waals surface area contributed by atoms with Gasteiger partial charge >= 0.3 is 0 Å². The van der Waals surface area contributed by atoms with E-state index in [9.17, 15) is 0 Å². The van der Waals surface area contributed by atoms with E-state index in [0.29, 0.717) is 5.88 Å². The first-order valence-corrected chi connectivity index (χ1v) is 11.6. The Bertz CT molecular complexity index is 1290. The number of nitrogens with zero attached hydrogens (tertiary/aromatic N) is 4. The first-order chi connectivity index (χ1) is 14.5. The quantitative estimate of drug-likeness (QED) is 0.277. The molecule has 179 valence electrons. The van der Waals surface area contributed by atoms with Gasteiger partial charge in [0.15, 0.2) is 5.72 Å². The van der Waals surface area contributed by atoms with Crippen LogP contribution in [0.5, 0.6) is 5.88 Å². The van der Waals surface area contributed by atoms with Crippen LogP contribution in [0.25, 0.3) is 22.4 Å². The van der Waals surface area contributed by atoms with Crippen LogP contribution in [0.3, 0.4) is 0 Å². The van der Waals surface area contributed by atoms with Crippen molar-refractivity contribution in [2.45, 2.75) is 98.1 Å². The third-order valence-electron chi connectivity index (χ3n) is 8.74. The first kappa shape index (κ1) is 24.3. The number of aromatic nitrogens is 4. The summed E-state index contributed by atoms with van der Waals surface area (Å²) in [5, 5.41) is 0. The summed E-state index contributed by atoms with van der Waals surface area (Å²) in [7, 11) is 0. The van der Waals surface area contributed by atoms with E-state index < -0.39 is 5.72 Å². The van der Waals surface area contributed by atoms with Crippen molar-refractivity contribution in [2.24, 2.45) is 5.41 Å². The molecule has 0 saturated carbocycles. The number of hydrogen-bond donors (Lipinski definition) is 0. The Morgan fingerprint density at radius 3 is 2.03 bits per heavy atom. The molecular formula is C27H35IrN4O-. The van der Waals surface area contributed by atoms with Gasteiger partial charge in [-0.25, -0.2) is 0 Å². The summed E-state index contributed by atoms with van der Waals surface area (Å²) in [6.45, 7) is 24.7. The number of fused-ring (bicyclic) bond motifs is 6. The number of rotatable bonds is 0. The van der Waals surface area contributed by atoms with Gasteiger partial charge in [-0.15, -0.1) is 0 Å². The van der Waals surface area contributed by atoms with Crippen molar-refractivity contribution in [3.05, 3.63) is 35.3 Å². The van der Waals surface area contributed by atoms with Gasteiger partial charge in [0.05, 0.1) is 22.7 Å². The summed E-state index contributed by atoms with van der Waals surface area (Å²) in [6, 6.07) is 4.64. The van der Waals surface area contributed by atoms with E-state index >= 15 is 0 Å². The summed E-state index contributed by atoms with van der Waals surface area (Å²) >= 11 is 0. The molecule has 0 spiro atoms. The Kier molecular flexibility index (Phi) is 4.92. The largest absolute Gasteiger partial charge is 0.498 e. The molecule has 1 aromatic carbocycles. The summed E-state index contributed by atoms with van der Waals surface area (Å²) < 4.78 is 8.63. The van der Waals surface area contributed by atoms with Gasteiger partial charge in [0.2, 0.25) is 0 Å². The Labute approximate surface area is 211 Å². The van der Waals surface area contributed by atoms with E-state index in [1.54, 1.807) is 0 Å². The Morgan fingerprint density at radius 1 is 0.879 bits per heavy atom. The summed E-state index contributed by atoms with van der Waals surface area (Å²) in [5.41, 5.74) is 4.94. The zero-order valence-electron chi connectivity index (χ0n) is 21.7. The molecule has 6 heteroatoms. The molecule has 0 unspecified atom stereocenters. The van der Waals surface area contributed by atoms with E-state index in [1.807, 2.05) is 0 Å². The molecular weight excluding hydrogens is 589 g/mol. The molecule has 0 N–H and O–H groups in total. The number of benzene rings is 1. The van der Waals surface area contributed by atoms with Crippen molar-refractivity contribution in [2.75, 3.05) is 0 Å². The fourth-order valence-corrected chi connectivity index (χ4v) is 5.50. The predicted octanol–water partition coefficient (Wildman–Crippen LogP) is 6.27. The summed E-state index contributed by atoms with van der Waals surface area (Å²) in [5.74, 6) is 2.11. The van der Waals surface area contributed by atoms with Gasteiger partial charge in [0, 0.05) is 20.1 Å². The van der Waals surface area contributed by atoms with Crippen LogP contribution in [0.15, 0.2) is 12.1 Å². The van der Waals surface area contributed by atoms with Crippen LogP contribution in [0.1, 0.15) is 93.1 Å². The van der Waals surface area contributed by atoms with Crippen LogP contribution in [0, 0.1) is 11.6 Å². The molecule has 0 atom stereocenters. The van der Waals surface area contributed by atoms with Crippen molar-refractivity contribution in [1.82, 2.24) is 19.5 Å². The standard InChI is InChI=1S/C27H35N4O.Ir/c1-23(2,3)22-28-14-15-20-29-18-12-16-17(25(6,7)26(8,9)24(16,4)5)13-19(18)31(20)27(10,11)32-21(15)30-22;/h12-13H,1-11H3;/q-1;. The van der Waals surface area contributed by atoms with Gasteiger partial charge in [0.25, 0.3) is 0 Å². The average Bonchev–Trinajstić information content (AvgIpc) is 3.08. The molecule has 1 radical (unpaired) electrons. The minimum atomic E-state index is -0.629. The van der Waals surface area contributed by atoms with Gasteiger partial charge in [-0.2, -0.15) is 0 Å². The van der Waals surface area contributed by atoms with Crippen molar-refractivity contribution >= 4 is 11.0 Å². The summed E-state index contributed by atoms with van der Waals surface area (Å²) in [4.78, 5) is 14.4. The molecule has 0 bridgehead atoms. The molecule has 0 fully saturated rings. The first-order valence-electron chi connectivity index (χ1n) is 11.6. The second kappa shape index (κ2) is 6.66. The van der Waals surface area contributed by atoms with Gasteiger partial charge in [-0.3, -0.25) is 9.97 Å². The molecule has 1 aliphatic carbocycles. The van der Waals surface area contributed by atoms with Gasteiger partial charge in [0.1, 0.15) is 5.88 Å². The smallest absolute Gasteiger partial charge is 0.166 e. The van der Waals surface area contributed by atoms with Crippen LogP contribution in [0.2, 0.25) is 0 Å². The Hall–Kier alpha value is -1.78. The normalized spacial score (nSPS) is 20.9. The number of hydrogen-bond acceptors (Lipinski definition) is 4. The van der Waals surface area contributed by atoms with Gasteiger partial charge in [-0.05, 0) is 70.5 Å². The maximum Gasteiger partial charge on any atom is 0.166 e. The third kappa shape index (κ3) is 2.96. The average molecular weight is 624 g/mol. The fourth-order valence-electron chi connectivity index (χ4n) is 5.50. The van der Waals surface area contributed by atoms with Crippen molar-refractivity contribution < 1.29 is 24.8 Å². The molecule has 3 aromatic rings. The topological polar surface area (TPSA) is 52.8 Å². The summed E-state index contributed by atoms with van der Waals surface area (Å²) in [6.07, 6.45) is 3.20. The minimum absolute atomic E-state index is 0. The Balaban J connectivity index is 0.00000259. The number of ether oxygens (including phenoxy) is 1. The molecule has 1 aliphatic heterocycles. The molecule has 3 heterocycles. The fraction of sp³-hybridized carbons (Fsp3) is 0.593. The molecule has 5 nitrogen and oxygen atoms in total. The van der Waals surface area contributed by atoms with Crippen molar-refractivity contribution in [1.29, 1.82) is 0 Å². The van der Waals surface area contributed by atoms with E-state index in [2.05, 4.69) is 104 Å². The second-order valence-electron chi connectivity index (χ2n) is 12.7. The monoisotopic (exact) mass is 624 g/mol. The van der Waals surface area contributed by atoms with Crippen molar-refractivity contribution in [3.8, 4) is 17.3 Å². The SMILES string of the molecule is CC(C)(C)c1n[c-]c2c(n1)OC(C)(C)n1c-2nc2cc3c(cc21)C(C)(C)C(C)(C)C3(C)C.[Ir]. The molecule has 2 aromatic heterocycles. The maximum atomic E-state index is 6.44. The minimum Gasteiger partial charge on any atom is -0.498 e. The van der Waals surface area contributed by atoms with Gasteiger partial charge in [-0.1, -0.05) is 62.3 Å². The van der Waals surface area contributed by atoms with E-state index in [-0.39, 0.29) is 41.8 Å². The molecule has 5 rings (SSSR count). The third-order valence-corrected chi connectivity index (χ3v) is 8.74. The van der Waals surface area contributed by atoms with Crippen LogP contribution in [0.4, 0.5) is 0 Å². The van der Waals surface area contributed by atoms with Gasteiger partial charge < -0.3 is 14.3 Å². The molecule has 2 aliphatic rings. The van der Waals surface area contributed by atoms with Crippen LogP contribution < -0.4 is 4.74 Å². The Morgan fingerprint density at radius 2 is 1.45 bits per heavy atom. The van der Waals surface area contributed by atoms with Crippen molar-refractivity contribution in [3.63, 3.8) is 0 Å². The van der Waals surface area contributed by atoms with E-state index in [1.165, 1.54) is 11.1 Å². The number of imidazole rings is 1. The van der Waals surface area contributed by atoms with E-state index in [0.717, 1.165) is 28.2 Å². The van der Waals surface area contributed by atoms with E-state index in [4.69, 9.17) is 14.7 Å².